The van der Waals surface area contributed by atoms with Crippen molar-refractivity contribution in [2.24, 2.45) is 5.41 Å². The largest absolute Gasteiger partial charge is 0.374 e. The van der Waals surface area contributed by atoms with Crippen LogP contribution in [0, 0.1) is 5.41 Å². The van der Waals surface area contributed by atoms with E-state index >= 15 is 0 Å². The second-order valence-electron chi connectivity index (χ2n) is 10.2. The molecule has 1 amide bonds. The summed E-state index contributed by atoms with van der Waals surface area (Å²) >= 11 is 3.13. The van der Waals surface area contributed by atoms with E-state index in [2.05, 4.69) is 47.6 Å². The van der Waals surface area contributed by atoms with Crippen LogP contribution < -0.4 is 10.2 Å². The third kappa shape index (κ3) is 5.82. The van der Waals surface area contributed by atoms with Crippen molar-refractivity contribution in [3.63, 3.8) is 0 Å². The minimum Gasteiger partial charge on any atom is -0.374 e. The molecular formula is C27H31N3O3S2. The average Bonchev–Trinajstić information content (AvgIpc) is 3.49. The number of fused-ring (bicyclic) bond motifs is 1. The lowest BCUT2D eigenvalue weighted by atomic mass is 9.78. The molecule has 1 aromatic carbocycles. The molecule has 0 radical (unpaired) electrons. The van der Waals surface area contributed by atoms with E-state index in [0.717, 1.165) is 34.1 Å². The fraction of sp³-hybridized carbons (Fsp3) is 0.444. The number of thiophene rings is 1. The standard InChI is InChI=1S/C27H31N3O3S2/c1-27(2)14-22-25(23(31)15-27)35-26(29-22)30-9-10-33-20(16-30)13-24(32)28-21(19-8-11-34-17-19)12-18-6-4-3-5-7-18/h3-8,11,17,20-21H,9-10,12-16H2,1-2H3,(H,28,32). The first-order chi connectivity index (χ1) is 16.9. The Morgan fingerprint density at radius 2 is 2.09 bits per heavy atom. The zero-order chi connectivity index (χ0) is 24.4. The highest BCUT2D eigenvalue weighted by Gasteiger charge is 2.35. The molecule has 1 aliphatic heterocycles. The van der Waals surface area contributed by atoms with Crippen molar-refractivity contribution in [3.05, 3.63) is 68.9 Å². The highest BCUT2D eigenvalue weighted by atomic mass is 32.1. The van der Waals surface area contributed by atoms with Gasteiger partial charge in [-0.2, -0.15) is 11.3 Å². The van der Waals surface area contributed by atoms with Crippen LogP contribution in [0.5, 0.6) is 0 Å². The molecule has 1 fully saturated rings. The van der Waals surface area contributed by atoms with Crippen LogP contribution in [0.15, 0.2) is 47.2 Å². The summed E-state index contributed by atoms with van der Waals surface area (Å²) in [7, 11) is 0. The molecule has 6 nitrogen and oxygen atoms in total. The third-order valence-electron chi connectivity index (χ3n) is 6.61. The van der Waals surface area contributed by atoms with Gasteiger partial charge in [0, 0.05) is 19.5 Å². The first-order valence-electron chi connectivity index (χ1n) is 12.1. The van der Waals surface area contributed by atoms with Gasteiger partial charge in [-0.15, -0.1) is 0 Å². The van der Waals surface area contributed by atoms with Gasteiger partial charge in [0.15, 0.2) is 10.9 Å². The maximum atomic E-state index is 13.1. The normalized spacial score (nSPS) is 20.3. The molecule has 1 aliphatic carbocycles. The Morgan fingerprint density at radius 1 is 1.26 bits per heavy atom. The SMILES string of the molecule is CC1(C)CC(=O)c2sc(N3CCOC(CC(=O)NC(Cc4ccccc4)c4ccsc4)C3)nc2C1. The number of carbonyl (C=O) groups is 2. The van der Waals surface area contributed by atoms with Gasteiger partial charge in [-0.1, -0.05) is 55.5 Å². The van der Waals surface area contributed by atoms with Crippen molar-refractivity contribution in [1.29, 1.82) is 0 Å². The van der Waals surface area contributed by atoms with Crippen molar-refractivity contribution >= 4 is 39.5 Å². The van der Waals surface area contributed by atoms with Crippen LogP contribution in [0.3, 0.4) is 0 Å². The molecule has 0 saturated carbocycles. The fourth-order valence-electron chi connectivity index (χ4n) is 4.89. The molecule has 2 aliphatic rings. The van der Waals surface area contributed by atoms with Crippen LogP contribution in [0.4, 0.5) is 5.13 Å². The number of amides is 1. The molecule has 5 rings (SSSR count). The van der Waals surface area contributed by atoms with Crippen LogP contribution >= 0.6 is 22.7 Å². The molecule has 2 atom stereocenters. The van der Waals surface area contributed by atoms with Crippen LogP contribution in [0.25, 0.3) is 0 Å². The Hall–Kier alpha value is -2.55. The van der Waals surface area contributed by atoms with Crippen LogP contribution in [0.2, 0.25) is 0 Å². The topological polar surface area (TPSA) is 71.5 Å². The molecule has 1 N–H and O–H groups in total. The minimum atomic E-state index is -0.211. The zero-order valence-corrected chi connectivity index (χ0v) is 21.8. The molecule has 2 unspecified atom stereocenters. The van der Waals surface area contributed by atoms with Crippen molar-refractivity contribution in [3.8, 4) is 0 Å². The number of aromatic nitrogens is 1. The van der Waals surface area contributed by atoms with E-state index in [1.807, 2.05) is 23.6 Å². The Kier molecular flexibility index (Phi) is 7.05. The number of rotatable bonds is 7. The van der Waals surface area contributed by atoms with Crippen molar-refractivity contribution in [1.82, 2.24) is 10.3 Å². The summed E-state index contributed by atoms with van der Waals surface area (Å²) in [4.78, 5) is 33.5. The molecule has 184 valence electrons. The third-order valence-corrected chi connectivity index (χ3v) is 8.51. The van der Waals surface area contributed by atoms with Gasteiger partial charge in [-0.05, 0) is 46.2 Å². The number of hydrogen-bond acceptors (Lipinski definition) is 7. The number of morpholine rings is 1. The number of nitrogens with zero attached hydrogens (tertiary/aromatic N) is 2. The highest BCUT2D eigenvalue weighted by Crippen LogP contribution is 2.39. The predicted molar refractivity (Wildman–Crippen MR) is 140 cm³/mol. The van der Waals surface area contributed by atoms with E-state index < -0.39 is 0 Å². The Morgan fingerprint density at radius 3 is 2.86 bits per heavy atom. The molecule has 0 spiro atoms. The maximum absolute atomic E-state index is 13.1. The second-order valence-corrected chi connectivity index (χ2v) is 12.0. The lowest BCUT2D eigenvalue weighted by molar-refractivity contribution is -0.125. The summed E-state index contributed by atoms with van der Waals surface area (Å²) in [6.45, 7) is 6.10. The number of carbonyl (C=O) groups excluding carboxylic acids is 2. The highest BCUT2D eigenvalue weighted by molar-refractivity contribution is 7.17. The Labute approximate surface area is 214 Å². The molecular weight excluding hydrogens is 478 g/mol. The lowest BCUT2D eigenvalue weighted by Crippen LogP contribution is -2.45. The number of benzene rings is 1. The van der Waals surface area contributed by atoms with Gasteiger partial charge >= 0.3 is 0 Å². The lowest BCUT2D eigenvalue weighted by Gasteiger charge is -2.32. The van der Waals surface area contributed by atoms with Gasteiger partial charge in [0.1, 0.15) is 0 Å². The molecule has 0 bridgehead atoms. The van der Waals surface area contributed by atoms with E-state index in [0.29, 0.717) is 32.5 Å². The Balaban J connectivity index is 1.23. The molecule has 2 aromatic heterocycles. The number of ketones is 1. The monoisotopic (exact) mass is 509 g/mol. The number of thiazole rings is 1. The summed E-state index contributed by atoms with van der Waals surface area (Å²) in [6, 6.07) is 12.2. The molecule has 1 saturated heterocycles. The average molecular weight is 510 g/mol. The first-order valence-corrected chi connectivity index (χ1v) is 13.9. The van der Waals surface area contributed by atoms with E-state index in [4.69, 9.17) is 9.72 Å². The molecule has 8 heteroatoms. The maximum Gasteiger partial charge on any atom is 0.223 e. The number of ether oxygens (including phenoxy) is 1. The van der Waals surface area contributed by atoms with Gasteiger partial charge in [0.2, 0.25) is 5.91 Å². The quantitative estimate of drug-likeness (QED) is 0.482. The molecule has 35 heavy (non-hydrogen) atoms. The number of Topliss-reactive ketones (excluding diaryl/α,β-unsaturated/α-hetero) is 1. The van der Waals surface area contributed by atoms with Gasteiger partial charge in [0.25, 0.3) is 0 Å². The smallest absolute Gasteiger partial charge is 0.223 e. The first kappa shape index (κ1) is 24.2. The Bertz CT molecular complexity index is 1170. The fourth-order valence-corrected chi connectivity index (χ4v) is 6.66. The van der Waals surface area contributed by atoms with Crippen LogP contribution in [-0.2, 0) is 22.4 Å². The number of anilines is 1. The van der Waals surface area contributed by atoms with Gasteiger partial charge in [0.05, 0.1) is 35.7 Å². The van der Waals surface area contributed by atoms with E-state index in [1.54, 1.807) is 11.3 Å². The zero-order valence-electron chi connectivity index (χ0n) is 20.2. The summed E-state index contributed by atoms with van der Waals surface area (Å²) in [5.74, 6) is 0.182. The van der Waals surface area contributed by atoms with Gasteiger partial charge in [-0.3, -0.25) is 9.59 Å². The summed E-state index contributed by atoms with van der Waals surface area (Å²) < 4.78 is 5.96. The van der Waals surface area contributed by atoms with Crippen molar-refractivity contribution < 1.29 is 14.3 Å². The number of nitrogens with one attached hydrogen (secondary N) is 1. The van der Waals surface area contributed by atoms with E-state index in [1.165, 1.54) is 16.9 Å². The van der Waals surface area contributed by atoms with Crippen molar-refractivity contribution in [2.45, 2.75) is 51.7 Å². The second kappa shape index (κ2) is 10.2. The van der Waals surface area contributed by atoms with Crippen LogP contribution in [-0.4, -0.2) is 42.5 Å². The summed E-state index contributed by atoms with van der Waals surface area (Å²) in [5.41, 5.74) is 3.19. The summed E-state index contributed by atoms with van der Waals surface area (Å²) in [6.07, 6.45) is 2.23. The van der Waals surface area contributed by atoms with Gasteiger partial charge in [-0.25, -0.2) is 4.98 Å². The number of hydrogen-bond donors (Lipinski definition) is 1. The van der Waals surface area contributed by atoms with E-state index in [-0.39, 0.29) is 29.3 Å². The van der Waals surface area contributed by atoms with Crippen molar-refractivity contribution in [2.75, 3.05) is 24.6 Å². The van der Waals surface area contributed by atoms with Gasteiger partial charge < -0.3 is 15.0 Å². The molecule has 3 heterocycles. The molecule has 3 aromatic rings. The minimum absolute atomic E-state index is 0.0145. The van der Waals surface area contributed by atoms with Crippen LogP contribution in [0.1, 0.15) is 59.2 Å². The van der Waals surface area contributed by atoms with E-state index in [9.17, 15) is 9.59 Å². The predicted octanol–water partition coefficient (Wildman–Crippen LogP) is 5.06. The summed E-state index contributed by atoms with van der Waals surface area (Å²) in [5, 5.41) is 8.25.